The molecule has 0 amide bonds. The second kappa shape index (κ2) is 10.4. The first-order valence-electron chi connectivity index (χ1n) is 13.2. The smallest absolute Gasteiger partial charge is 0.253 e. The molecule has 1 saturated heterocycles. The van der Waals surface area contributed by atoms with Gasteiger partial charge in [0, 0.05) is 42.8 Å². The van der Waals surface area contributed by atoms with E-state index in [2.05, 4.69) is 43.3 Å². The summed E-state index contributed by atoms with van der Waals surface area (Å²) in [4.78, 5) is 21.3. The Hall–Kier alpha value is -4.37. The third-order valence-electron chi connectivity index (χ3n) is 7.62. The fourth-order valence-electron chi connectivity index (χ4n) is 5.46. The number of aromatic amines is 1. The van der Waals surface area contributed by atoms with Gasteiger partial charge in [-0.05, 0) is 71.3 Å². The fraction of sp³-hybridized carbons (Fsp3) is 0.267. The van der Waals surface area contributed by atoms with Crippen molar-refractivity contribution < 1.29 is 4.39 Å². The number of anilines is 1. The number of hydrogen-bond acceptors (Lipinski definition) is 6. The molecule has 198 valence electrons. The van der Waals surface area contributed by atoms with Crippen LogP contribution >= 0.6 is 0 Å². The summed E-state index contributed by atoms with van der Waals surface area (Å²) in [6, 6.07) is 22.3. The molecule has 6 rings (SSSR count). The van der Waals surface area contributed by atoms with E-state index in [9.17, 15) is 9.18 Å². The van der Waals surface area contributed by atoms with Crippen LogP contribution in [-0.4, -0.2) is 56.3 Å². The van der Waals surface area contributed by atoms with E-state index in [1.165, 1.54) is 12.1 Å². The SMILES string of the molecule is Cc1ccc(C)c2[nH]c(=O)c(C(c3nnnn3Cc3ccccc3)N3CCN(c4ccc(F)cc4)CC3)cc12. The summed E-state index contributed by atoms with van der Waals surface area (Å²) in [5.74, 6) is 0.382. The molecule has 0 aliphatic carbocycles. The maximum Gasteiger partial charge on any atom is 0.253 e. The van der Waals surface area contributed by atoms with Crippen molar-refractivity contribution in [2.75, 3.05) is 31.1 Å². The molecule has 8 nitrogen and oxygen atoms in total. The average molecular weight is 524 g/mol. The van der Waals surface area contributed by atoms with Crippen LogP contribution in [0.3, 0.4) is 0 Å². The Labute approximate surface area is 225 Å². The van der Waals surface area contributed by atoms with Crippen molar-refractivity contribution in [3.05, 3.63) is 117 Å². The molecular formula is C30H30FN7O. The quantitative estimate of drug-likeness (QED) is 0.359. The molecule has 9 heteroatoms. The Morgan fingerprint density at radius 1 is 0.923 bits per heavy atom. The Morgan fingerprint density at radius 2 is 1.64 bits per heavy atom. The molecule has 2 aromatic heterocycles. The van der Waals surface area contributed by atoms with Crippen LogP contribution in [0.2, 0.25) is 0 Å². The molecule has 39 heavy (non-hydrogen) atoms. The van der Waals surface area contributed by atoms with Crippen molar-refractivity contribution in [3.63, 3.8) is 0 Å². The predicted octanol–water partition coefficient (Wildman–Crippen LogP) is 4.23. The zero-order valence-electron chi connectivity index (χ0n) is 22.0. The van der Waals surface area contributed by atoms with Crippen LogP contribution < -0.4 is 10.5 Å². The van der Waals surface area contributed by atoms with E-state index in [-0.39, 0.29) is 11.4 Å². The standard InChI is InChI=1S/C30H30FN7O/c1-20-8-9-21(2)27-25(20)18-26(30(39)32-27)28(29-33-34-35-38(29)19-22-6-4-3-5-7-22)37-16-14-36(15-17-37)24-12-10-23(31)11-13-24/h3-13,18,28H,14-17,19H2,1-2H3,(H,32,39). The lowest BCUT2D eigenvalue weighted by atomic mass is 9.99. The summed E-state index contributed by atoms with van der Waals surface area (Å²) in [5, 5.41) is 13.8. The third-order valence-corrected chi connectivity index (χ3v) is 7.62. The van der Waals surface area contributed by atoms with Crippen molar-refractivity contribution in [1.29, 1.82) is 0 Å². The van der Waals surface area contributed by atoms with E-state index in [1.54, 1.807) is 4.68 Å². The molecule has 1 unspecified atom stereocenters. The monoisotopic (exact) mass is 523 g/mol. The number of hydrogen-bond donors (Lipinski definition) is 1. The Balaban J connectivity index is 1.40. The number of halogens is 1. The van der Waals surface area contributed by atoms with Gasteiger partial charge in [0.05, 0.1) is 12.1 Å². The minimum atomic E-state index is -0.438. The van der Waals surface area contributed by atoms with E-state index in [0.29, 0.717) is 31.0 Å². The zero-order chi connectivity index (χ0) is 26.9. The molecule has 1 aliphatic heterocycles. The summed E-state index contributed by atoms with van der Waals surface area (Å²) in [7, 11) is 0. The number of nitrogens with one attached hydrogen (secondary N) is 1. The third kappa shape index (κ3) is 4.93. The summed E-state index contributed by atoms with van der Waals surface area (Å²) in [6.07, 6.45) is 0. The number of fused-ring (bicyclic) bond motifs is 1. The normalized spacial score (nSPS) is 15.1. The average Bonchev–Trinajstić information content (AvgIpc) is 3.40. The summed E-state index contributed by atoms with van der Waals surface area (Å²) in [6.45, 7) is 7.38. The molecule has 3 heterocycles. The minimum absolute atomic E-state index is 0.142. The van der Waals surface area contributed by atoms with Gasteiger partial charge < -0.3 is 9.88 Å². The number of benzene rings is 3. The van der Waals surface area contributed by atoms with Crippen LogP contribution in [0.25, 0.3) is 10.9 Å². The molecule has 0 radical (unpaired) electrons. The Bertz CT molecular complexity index is 1660. The van der Waals surface area contributed by atoms with Crippen LogP contribution in [-0.2, 0) is 6.54 Å². The molecule has 1 N–H and O–H groups in total. The number of aryl methyl sites for hydroxylation is 2. The molecule has 5 aromatic rings. The van der Waals surface area contributed by atoms with Crippen LogP contribution in [0.5, 0.6) is 0 Å². The predicted molar refractivity (Wildman–Crippen MR) is 149 cm³/mol. The van der Waals surface area contributed by atoms with Gasteiger partial charge >= 0.3 is 0 Å². The van der Waals surface area contributed by atoms with Crippen LogP contribution in [0, 0.1) is 19.7 Å². The number of pyridine rings is 1. The number of tetrazole rings is 1. The zero-order valence-corrected chi connectivity index (χ0v) is 22.0. The summed E-state index contributed by atoms with van der Waals surface area (Å²) >= 11 is 0. The Morgan fingerprint density at radius 3 is 2.38 bits per heavy atom. The highest BCUT2D eigenvalue weighted by Crippen LogP contribution is 2.30. The van der Waals surface area contributed by atoms with Crippen molar-refractivity contribution in [2.45, 2.75) is 26.4 Å². The Kier molecular flexibility index (Phi) is 6.66. The van der Waals surface area contributed by atoms with Crippen molar-refractivity contribution >= 4 is 16.6 Å². The van der Waals surface area contributed by atoms with E-state index >= 15 is 0 Å². The minimum Gasteiger partial charge on any atom is -0.369 e. The van der Waals surface area contributed by atoms with Gasteiger partial charge in [-0.15, -0.1) is 5.10 Å². The van der Waals surface area contributed by atoms with Crippen LogP contribution in [0.4, 0.5) is 10.1 Å². The summed E-state index contributed by atoms with van der Waals surface area (Å²) in [5.41, 5.74) is 5.51. The first kappa shape index (κ1) is 24.9. The molecule has 0 spiro atoms. The number of aromatic nitrogens is 5. The lowest BCUT2D eigenvalue weighted by molar-refractivity contribution is 0.200. The number of H-pyrrole nitrogens is 1. The largest absolute Gasteiger partial charge is 0.369 e. The molecule has 0 saturated carbocycles. The van der Waals surface area contributed by atoms with Gasteiger partial charge in [0.2, 0.25) is 0 Å². The molecule has 1 fully saturated rings. The van der Waals surface area contributed by atoms with Gasteiger partial charge in [-0.2, -0.15) is 0 Å². The highest BCUT2D eigenvalue weighted by molar-refractivity contribution is 5.85. The van der Waals surface area contributed by atoms with Gasteiger partial charge in [-0.3, -0.25) is 9.69 Å². The first-order valence-corrected chi connectivity index (χ1v) is 13.2. The second-order valence-electron chi connectivity index (χ2n) is 10.1. The topological polar surface area (TPSA) is 82.9 Å². The number of rotatable bonds is 6. The van der Waals surface area contributed by atoms with Crippen molar-refractivity contribution in [3.8, 4) is 0 Å². The van der Waals surface area contributed by atoms with Gasteiger partial charge in [0.15, 0.2) is 5.82 Å². The second-order valence-corrected chi connectivity index (χ2v) is 10.1. The van der Waals surface area contributed by atoms with E-state index in [0.717, 1.165) is 46.4 Å². The number of nitrogens with zero attached hydrogens (tertiary/aromatic N) is 6. The molecule has 0 bridgehead atoms. The van der Waals surface area contributed by atoms with Crippen LogP contribution in [0.1, 0.15) is 34.1 Å². The van der Waals surface area contributed by atoms with E-state index < -0.39 is 6.04 Å². The molecule has 3 aromatic carbocycles. The van der Waals surface area contributed by atoms with Crippen molar-refractivity contribution in [2.24, 2.45) is 0 Å². The fourth-order valence-corrected chi connectivity index (χ4v) is 5.46. The van der Waals surface area contributed by atoms with Crippen molar-refractivity contribution in [1.82, 2.24) is 30.1 Å². The lowest BCUT2D eigenvalue weighted by Gasteiger charge is -2.39. The highest BCUT2D eigenvalue weighted by atomic mass is 19.1. The molecule has 1 aliphatic rings. The molecular weight excluding hydrogens is 493 g/mol. The molecule has 1 atom stereocenters. The van der Waals surface area contributed by atoms with Gasteiger partial charge in [-0.25, -0.2) is 9.07 Å². The lowest BCUT2D eigenvalue weighted by Crippen LogP contribution is -2.49. The van der Waals surface area contributed by atoms with Gasteiger partial charge in [-0.1, -0.05) is 42.5 Å². The van der Waals surface area contributed by atoms with E-state index in [1.807, 2.05) is 61.5 Å². The van der Waals surface area contributed by atoms with Gasteiger partial charge in [0.1, 0.15) is 11.9 Å². The summed E-state index contributed by atoms with van der Waals surface area (Å²) < 4.78 is 15.3. The van der Waals surface area contributed by atoms with E-state index in [4.69, 9.17) is 0 Å². The number of piperazine rings is 1. The first-order chi connectivity index (χ1) is 19.0. The maximum atomic E-state index is 13.7. The van der Waals surface area contributed by atoms with Crippen LogP contribution in [0.15, 0.2) is 77.6 Å². The highest BCUT2D eigenvalue weighted by Gasteiger charge is 2.33. The van der Waals surface area contributed by atoms with Gasteiger partial charge in [0.25, 0.3) is 5.56 Å². The maximum absolute atomic E-state index is 13.7.